The highest BCUT2D eigenvalue weighted by Gasteiger charge is 2.10. The van der Waals surface area contributed by atoms with Crippen LogP contribution < -0.4 is 14.8 Å². The van der Waals surface area contributed by atoms with Crippen molar-refractivity contribution in [1.29, 1.82) is 0 Å². The number of ether oxygens (including phenoxy) is 2. The van der Waals surface area contributed by atoms with Crippen LogP contribution in [0.25, 0.3) is 0 Å². The maximum Gasteiger partial charge on any atom is 0.162 e. The van der Waals surface area contributed by atoms with Crippen molar-refractivity contribution in [2.75, 3.05) is 32.6 Å². The van der Waals surface area contributed by atoms with Gasteiger partial charge in [-0.2, -0.15) is 0 Å². The monoisotopic (exact) mass is 267 g/mol. The number of rotatable bonds is 6. The third-order valence-electron chi connectivity index (χ3n) is 2.81. The van der Waals surface area contributed by atoms with Gasteiger partial charge in [-0.05, 0) is 50.4 Å². The van der Waals surface area contributed by atoms with Crippen LogP contribution in [0, 0.1) is 0 Å². The molecule has 3 nitrogen and oxygen atoms in total. The van der Waals surface area contributed by atoms with Crippen molar-refractivity contribution >= 4 is 11.8 Å². The highest BCUT2D eigenvalue weighted by atomic mass is 32.2. The van der Waals surface area contributed by atoms with Gasteiger partial charge in [0.2, 0.25) is 0 Å². The van der Waals surface area contributed by atoms with Crippen LogP contribution in [-0.4, -0.2) is 32.6 Å². The van der Waals surface area contributed by atoms with Crippen LogP contribution >= 0.6 is 11.8 Å². The van der Waals surface area contributed by atoms with E-state index in [1.54, 1.807) is 0 Å². The fourth-order valence-electron chi connectivity index (χ4n) is 1.83. The predicted octanol–water partition coefficient (Wildman–Crippen LogP) is 2.94. The lowest BCUT2D eigenvalue weighted by molar-refractivity contribution is 0.297. The Morgan fingerprint density at radius 1 is 1.17 bits per heavy atom. The average molecular weight is 267 g/mol. The molecule has 1 aliphatic heterocycles. The lowest BCUT2D eigenvalue weighted by atomic mass is 10.3. The lowest BCUT2D eigenvalue weighted by Gasteiger charge is -2.09. The molecule has 0 radical (unpaired) electrons. The molecule has 0 atom stereocenters. The smallest absolute Gasteiger partial charge is 0.162 e. The first kappa shape index (κ1) is 13.6. The minimum atomic E-state index is 0.753. The second-order valence-electron chi connectivity index (χ2n) is 4.32. The topological polar surface area (TPSA) is 30.5 Å². The third-order valence-corrected chi connectivity index (χ3v) is 3.89. The fraction of sp³-hybridized carbons (Fsp3) is 0.571. The number of thioether (sulfide) groups is 1. The summed E-state index contributed by atoms with van der Waals surface area (Å²) in [6.45, 7) is 2.61. The van der Waals surface area contributed by atoms with Gasteiger partial charge in [-0.1, -0.05) is 0 Å². The standard InChI is InChI=1S/C14H21NO2S/c1-15-7-2-3-10-18-12-5-6-13-14(11-12)17-9-4-8-16-13/h5-6,11,15H,2-4,7-10H2,1H3. The van der Waals surface area contributed by atoms with E-state index in [-0.39, 0.29) is 0 Å². The zero-order valence-electron chi connectivity index (χ0n) is 10.9. The van der Waals surface area contributed by atoms with Gasteiger partial charge < -0.3 is 14.8 Å². The normalized spacial score (nSPS) is 14.3. The highest BCUT2D eigenvalue weighted by molar-refractivity contribution is 7.99. The second-order valence-corrected chi connectivity index (χ2v) is 5.49. The lowest BCUT2D eigenvalue weighted by Crippen LogP contribution is -2.07. The molecule has 0 bridgehead atoms. The summed E-state index contributed by atoms with van der Waals surface area (Å²) in [7, 11) is 2.00. The van der Waals surface area contributed by atoms with Crippen LogP contribution in [0.15, 0.2) is 23.1 Å². The van der Waals surface area contributed by atoms with Crippen molar-refractivity contribution in [3.05, 3.63) is 18.2 Å². The van der Waals surface area contributed by atoms with Crippen molar-refractivity contribution in [3.8, 4) is 11.5 Å². The Morgan fingerprint density at radius 3 is 2.83 bits per heavy atom. The molecule has 1 aliphatic rings. The predicted molar refractivity (Wildman–Crippen MR) is 75.9 cm³/mol. The van der Waals surface area contributed by atoms with E-state index < -0.39 is 0 Å². The molecule has 4 heteroatoms. The van der Waals surface area contributed by atoms with E-state index in [1.165, 1.54) is 17.7 Å². The van der Waals surface area contributed by atoms with E-state index in [0.717, 1.165) is 43.4 Å². The zero-order valence-corrected chi connectivity index (χ0v) is 11.7. The minimum Gasteiger partial charge on any atom is -0.490 e. The van der Waals surface area contributed by atoms with Gasteiger partial charge in [-0.15, -0.1) is 11.8 Å². The summed E-state index contributed by atoms with van der Waals surface area (Å²) in [5.74, 6) is 2.93. The van der Waals surface area contributed by atoms with Gasteiger partial charge in [0, 0.05) is 11.3 Å². The van der Waals surface area contributed by atoms with Crippen LogP contribution in [-0.2, 0) is 0 Å². The SMILES string of the molecule is CNCCCCSc1ccc2c(c1)OCCCO2. The molecule has 0 aromatic heterocycles. The number of fused-ring (bicyclic) bond motifs is 1. The van der Waals surface area contributed by atoms with Crippen LogP contribution in [0.3, 0.4) is 0 Å². The Labute approximate surface area is 113 Å². The van der Waals surface area contributed by atoms with Crippen molar-refractivity contribution in [1.82, 2.24) is 5.32 Å². The summed E-state index contributed by atoms with van der Waals surface area (Å²) in [6, 6.07) is 6.25. The fourth-order valence-corrected chi connectivity index (χ4v) is 2.77. The van der Waals surface area contributed by atoms with Crippen LogP contribution in [0.1, 0.15) is 19.3 Å². The molecule has 0 saturated carbocycles. The quantitative estimate of drug-likeness (QED) is 0.634. The van der Waals surface area contributed by atoms with Gasteiger partial charge in [0.1, 0.15) is 0 Å². The van der Waals surface area contributed by atoms with E-state index in [2.05, 4.69) is 17.4 Å². The summed E-state index contributed by atoms with van der Waals surface area (Å²) < 4.78 is 11.3. The molecule has 1 heterocycles. The molecule has 0 unspecified atom stereocenters. The maximum atomic E-state index is 5.69. The molecule has 100 valence electrons. The summed E-state index contributed by atoms with van der Waals surface area (Å²) in [5, 5.41) is 3.17. The average Bonchev–Trinajstić information content (AvgIpc) is 2.63. The minimum absolute atomic E-state index is 0.753. The van der Waals surface area contributed by atoms with Crippen LogP contribution in [0.4, 0.5) is 0 Å². The van der Waals surface area contributed by atoms with Crippen molar-refractivity contribution < 1.29 is 9.47 Å². The van der Waals surface area contributed by atoms with E-state index in [0.29, 0.717) is 0 Å². The van der Waals surface area contributed by atoms with E-state index in [9.17, 15) is 0 Å². The third kappa shape index (κ3) is 4.10. The van der Waals surface area contributed by atoms with Gasteiger partial charge in [-0.3, -0.25) is 0 Å². The highest BCUT2D eigenvalue weighted by Crippen LogP contribution is 2.34. The van der Waals surface area contributed by atoms with Crippen molar-refractivity contribution in [2.24, 2.45) is 0 Å². The molecule has 0 amide bonds. The van der Waals surface area contributed by atoms with E-state index in [4.69, 9.17) is 9.47 Å². The Bertz CT molecular complexity index is 371. The van der Waals surface area contributed by atoms with Gasteiger partial charge in [-0.25, -0.2) is 0 Å². The van der Waals surface area contributed by atoms with Crippen molar-refractivity contribution in [3.63, 3.8) is 0 Å². The first-order valence-electron chi connectivity index (χ1n) is 6.57. The molecule has 1 aromatic rings. The first-order chi connectivity index (χ1) is 8.90. The number of hydrogen-bond acceptors (Lipinski definition) is 4. The summed E-state index contributed by atoms with van der Waals surface area (Å²) >= 11 is 1.89. The number of hydrogen-bond donors (Lipinski definition) is 1. The maximum absolute atomic E-state index is 5.69. The largest absolute Gasteiger partial charge is 0.490 e. The van der Waals surface area contributed by atoms with Crippen LogP contribution in [0.5, 0.6) is 11.5 Å². The second kappa shape index (κ2) is 7.54. The molecular formula is C14H21NO2S. The Balaban J connectivity index is 1.84. The number of unbranched alkanes of at least 4 members (excludes halogenated alkanes) is 1. The van der Waals surface area contributed by atoms with Crippen molar-refractivity contribution in [2.45, 2.75) is 24.2 Å². The summed E-state index contributed by atoms with van der Waals surface area (Å²) in [6.07, 6.45) is 3.43. The molecular weight excluding hydrogens is 246 g/mol. The molecule has 0 aliphatic carbocycles. The zero-order chi connectivity index (χ0) is 12.6. The van der Waals surface area contributed by atoms with E-state index >= 15 is 0 Å². The molecule has 1 N–H and O–H groups in total. The molecule has 0 saturated heterocycles. The van der Waals surface area contributed by atoms with Gasteiger partial charge in [0.25, 0.3) is 0 Å². The molecule has 18 heavy (non-hydrogen) atoms. The summed E-state index contributed by atoms with van der Waals surface area (Å²) in [4.78, 5) is 1.27. The molecule has 2 rings (SSSR count). The van der Waals surface area contributed by atoms with Crippen LogP contribution in [0.2, 0.25) is 0 Å². The molecule has 0 fully saturated rings. The van der Waals surface area contributed by atoms with E-state index in [1.807, 2.05) is 24.9 Å². The molecule has 0 spiro atoms. The van der Waals surface area contributed by atoms with Gasteiger partial charge >= 0.3 is 0 Å². The Hall–Kier alpha value is -0.870. The Kier molecular flexibility index (Phi) is 5.68. The number of nitrogens with one attached hydrogen (secondary N) is 1. The molecule has 1 aromatic carbocycles. The van der Waals surface area contributed by atoms with Gasteiger partial charge in [0.15, 0.2) is 11.5 Å². The summed E-state index contributed by atoms with van der Waals surface area (Å²) in [5.41, 5.74) is 0. The number of benzene rings is 1. The van der Waals surface area contributed by atoms with Gasteiger partial charge in [0.05, 0.1) is 13.2 Å². The first-order valence-corrected chi connectivity index (χ1v) is 7.56. The Morgan fingerprint density at radius 2 is 2.00 bits per heavy atom.